The zero-order valence-electron chi connectivity index (χ0n) is 11.3. The van der Waals surface area contributed by atoms with E-state index in [4.69, 9.17) is 5.73 Å². The van der Waals surface area contributed by atoms with E-state index in [9.17, 15) is 9.59 Å². The zero-order valence-corrected chi connectivity index (χ0v) is 12.9. The third-order valence-electron chi connectivity index (χ3n) is 3.58. The van der Waals surface area contributed by atoms with Gasteiger partial charge in [-0.2, -0.15) is 0 Å². The van der Waals surface area contributed by atoms with Crippen molar-refractivity contribution in [3.05, 3.63) is 69.2 Å². The molecule has 5 heteroatoms. The summed E-state index contributed by atoms with van der Waals surface area (Å²) >= 11 is 3.31. The Bertz CT molecular complexity index is 740. The van der Waals surface area contributed by atoms with Gasteiger partial charge < -0.3 is 5.73 Å². The molecule has 2 aromatic rings. The minimum atomic E-state index is -0.781. The molecule has 21 heavy (non-hydrogen) atoms. The van der Waals surface area contributed by atoms with E-state index >= 15 is 0 Å². The summed E-state index contributed by atoms with van der Waals surface area (Å²) in [4.78, 5) is 26.0. The van der Waals surface area contributed by atoms with Crippen LogP contribution < -0.4 is 5.73 Å². The van der Waals surface area contributed by atoms with E-state index in [1.165, 1.54) is 0 Å². The van der Waals surface area contributed by atoms with Gasteiger partial charge in [0.05, 0.1) is 11.1 Å². The van der Waals surface area contributed by atoms with Crippen molar-refractivity contribution in [3.8, 4) is 0 Å². The number of hydrogen-bond acceptors (Lipinski definition) is 3. The van der Waals surface area contributed by atoms with Gasteiger partial charge in [0.15, 0.2) is 0 Å². The highest BCUT2D eigenvalue weighted by Crippen LogP contribution is 2.30. The summed E-state index contributed by atoms with van der Waals surface area (Å²) in [5.74, 6) is -0.708. The summed E-state index contributed by atoms with van der Waals surface area (Å²) in [6, 6.07) is 12.5. The molecule has 0 saturated carbocycles. The number of aryl methyl sites for hydroxylation is 1. The van der Waals surface area contributed by atoms with Crippen LogP contribution in [-0.2, 0) is 0 Å². The molecule has 2 aromatic carbocycles. The van der Waals surface area contributed by atoms with Crippen molar-refractivity contribution >= 4 is 27.7 Å². The van der Waals surface area contributed by atoms with E-state index < -0.39 is 6.17 Å². The van der Waals surface area contributed by atoms with Crippen LogP contribution in [0.3, 0.4) is 0 Å². The number of fused-ring (bicyclic) bond motifs is 1. The smallest absolute Gasteiger partial charge is 0.263 e. The molecule has 3 rings (SSSR count). The lowest BCUT2D eigenvalue weighted by Gasteiger charge is -2.22. The summed E-state index contributed by atoms with van der Waals surface area (Å²) in [5, 5.41) is 0. The molecular formula is C16H13BrN2O2. The average molecular weight is 345 g/mol. The second-order valence-corrected chi connectivity index (χ2v) is 5.94. The predicted octanol–water partition coefficient (Wildman–Crippen LogP) is 3.01. The molecule has 1 aliphatic rings. The average Bonchev–Trinajstić information content (AvgIpc) is 2.70. The monoisotopic (exact) mass is 344 g/mol. The first-order chi connectivity index (χ1) is 9.99. The maximum atomic E-state index is 12.4. The number of carbonyl (C=O) groups is 2. The maximum absolute atomic E-state index is 12.4. The van der Waals surface area contributed by atoms with Gasteiger partial charge in [-0.1, -0.05) is 45.8 Å². The molecule has 2 N–H and O–H groups in total. The van der Waals surface area contributed by atoms with Gasteiger partial charge in [0.25, 0.3) is 11.8 Å². The Morgan fingerprint density at radius 1 is 1.00 bits per heavy atom. The van der Waals surface area contributed by atoms with Crippen molar-refractivity contribution in [1.29, 1.82) is 0 Å². The lowest BCUT2D eigenvalue weighted by Crippen LogP contribution is -2.38. The number of nitrogens with zero attached hydrogens (tertiary/aromatic N) is 1. The number of amides is 2. The van der Waals surface area contributed by atoms with Gasteiger partial charge in [-0.15, -0.1) is 0 Å². The third-order valence-corrected chi connectivity index (χ3v) is 4.07. The molecule has 2 amide bonds. The highest BCUT2D eigenvalue weighted by molar-refractivity contribution is 9.10. The molecule has 0 fully saturated rings. The Kier molecular flexibility index (Phi) is 3.39. The van der Waals surface area contributed by atoms with Crippen LogP contribution in [0.15, 0.2) is 46.9 Å². The van der Waals surface area contributed by atoms with Gasteiger partial charge in [0, 0.05) is 4.47 Å². The highest BCUT2D eigenvalue weighted by atomic mass is 79.9. The number of rotatable bonds is 2. The molecule has 0 aliphatic carbocycles. The SMILES string of the molecule is Cc1ccc(C(N)N2C(=O)c3ccc(Br)cc3C2=O)cc1. The first-order valence-electron chi connectivity index (χ1n) is 6.48. The quantitative estimate of drug-likeness (QED) is 0.851. The van der Waals surface area contributed by atoms with Crippen molar-refractivity contribution < 1.29 is 9.59 Å². The van der Waals surface area contributed by atoms with Crippen molar-refractivity contribution in [2.45, 2.75) is 13.1 Å². The van der Waals surface area contributed by atoms with Gasteiger partial charge in [0.1, 0.15) is 6.17 Å². The summed E-state index contributed by atoms with van der Waals surface area (Å²) in [6.45, 7) is 1.97. The standard InChI is InChI=1S/C16H13BrN2O2/c1-9-2-4-10(5-3-9)14(18)19-15(20)12-7-6-11(17)8-13(12)16(19)21/h2-8,14H,18H2,1H3. The van der Waals surface area contributed by atoms with Crippen LogP contribution in [0.5, 0.6) is 0 Å². The summed E-state index contributed by atoms with van der Waals surface area (Å²) < 4.78 is 0.758. The van der Waals surface area contributed by atoms with Gasteiger partial charge in [-0.25, -0.2) is 0 Å². The van der Waals surface area contributed by atoms with Crippen LogP contribution in [0, 0.1) is 6.92 Å². The van der Waals surface area contributed by atoms with Crippen LogP contribution >= 0.6 is 15.9 Å². The summed E-state index contributed by atoms with van der Waals surface area (Å²) in [6.07, 6.45) is -0.781. The highest BCUT2D eigenvalue weighted by Gasteiger charge is 2.39. The second-order valence-electron chi connectivity index (χ2n) is 5.03. The maximum Gasteiger partial charge on any atom is 0.263 e. The predicted molar refractivity (Wildman–Crippen MR) is 82.7 cm³/mol. The van der Waals surface area contributed by atoms with Crippen molar-refractivity contribution in [3.63, 3.8) is 0 Å². The summed E-state index contributed by atoms with van der Waals surface area (Å²) in [7, 11) is 0. The summed E-state index contributed by atoms with van der Waals surface area (Å²) in [5.41, 5.74) is 8.73. The fourth-order valence-electron chi connectivity index (χ4n) is 2.40. The van der Waals surface area contributed by atoms with Crippen LogP contribution in [-0.4, -0.2) is 16.7 Å². The van der Waals surface area contributed by atoms with Gasteiger partial charge in [-0.3, -0.25) is 14.5 Å². The topological polar surface area (TPSA) is 63.4 Å². The third kappa shape index (κ3) is 2.28. The molecule has 1 heterocycles. The van der Waals surface area contributed by atoms with E-state index in [0.29, 0.717) is 11.1 Å². The lowest BCUT2D eigenvalue weighted by molar-refractivity contribution is 0.0586. The molecule has 0 aromatic heterocycles. The van der Waals surface area contributed by atoms with Gasteiger partial charge in [-0.05, 0) is 30.7 Å². The molecule has 1 atom stereocenters. The lowest BCUT2D eigenvalue weighted by atomic mass is 10.1. The van der Waals surface area contributed by atoms with E-state index in [-0.39, 0.29) is 11.8 Å². The van der Waals surface area contributed by atoms with Crippen molar-refractivity contribution in [2.24, 2.45) is 5.73 Å². The van der Waals surface area contributed by atoms with E-state index in [1.54, 1.807) is 18.2 Å². The number of halogens is 1. The molecule has 0 saturated heterocycles. The number of benzene rings is 2. The van der Waals surface area contributed by atoms with Crippen LogP contribution in [0.25, 0.3) is 0 Å². The zero-order chi connectivity index (χ0) is 15.1. The molecule has 4 nitrogen and oxygen atoms in total. The fraction of sp³-hybridized carbons (Fsp3) is 0.125. The first kappa shape index (κ1) is 14.0. The Morgan fingerprint density at radius 3 is 2.29 bits per heavy atom. The van der Waals surface area contributed by atoms with Crippen LogP contribution in [0.1, 0.15) is 38.0 Å². The largest absolute Gasteiger partial charge is 0.307 e. The molecular weight excluding hydrogens is 332 g/mol. The number of carbonyl (C=O) groups excluding carboxylic acids is 2. The second kappa shape index (κ2) is 5.09. The Hall–Kier alpha value is -1.98. The first-order valence-corrected chi connectivity index (χ1v) is 7.28. The fourth-order valence-corrected chi connectivity index (χ4v) is 2.76. The van der Waals surface area contributed by atoms with Crippen LogP contribution in [0.4, 0.5) is 0 Å². The van der Waals surface area contributed by atoms with Crippen LogP contribution in [0.2, 0.25) is 0 Å². The Balaban J connectivity index is 1.99. The van der Waals surface area contributed by atoms with E-state index in [1.807, 2.05) is 31.2 Å². The number of nitrogens with two attached hydrogens (primary N) is 1. The molecule has 0 spiro atoms. The Morgan fingerprint density at radius 2 is 1.62 bits per heavy atom. The van der Waals surface area contributed by atoms with Gasteiger partial charge in [0.2, 0.25) is 0 Å². The minimum absolute atomic E-state index is 0.351. The molecule has 1 unspecified atom stereocenters. The molecule has 1 aliphatic heterocycles. The number of hydrogen-bond donors (Lipinski definition) is 1. The van der Waals surface area contributed by atoms with Crippen molar-refractivity contribution in [2.75, 3.05) is 0 Å². The minimum Gasteiger partial charge on any atom is -0.307 e. The molecule has 0 radical (unpaired) electrons. The Labute approximate surface area is 130 Å². The molecule has 106 valence electrons. The van der Waals surface area contributed by atoms with E-state index in [0.717, 1.165) is 20.5 Å². The van der Waals surface area contributed by atoms with Crippen molar-refractivity contribution in [1.82, 2.24) is 4.90 Å². The van der Waals surface area contributed by atoms with Gasteiger partial charge >= 0.3 is 0 Å². The normalized spacial score (nSPS) is 15.3. The number of imide groups is 1. The van der Waals surface area contributed by atoms with E-state index in [2.05, 4.69) is 15.9 Å². The molecule has 0 bridgehead atoms.